The van der Waals surface area contributed by atoms with E-state index in [1.807, 2.05) is 12.1 Å². The summed E-state index contributed by atoms with van der Waals surface area (Å²) >= 11 is 0. The van der Waals surface area contributed by atoms with Crippen molar-refractivity contribution in [3.8, 4) is 0 Å². The molecule has 105 valence electrons. The fourth-order valence-corrected chi connectivity index (χ4v) is 3.16. The number of aliphatic imine (C=N–C) groups is 1. The van der Waals surface area contributed by atoms with Crippen molar-refractivity contribution in [3.05, 3.63) is 65.7 Å². The predicted molar refractivity (Wildman–Crippen MR) is 80.2 cm³/mol. The van der Waals surface area contributed by atoms with E-state index in [-0.39, 0.29) is 25.5 Å². The summed E-state index contributed by atoms with van der Waals surface area (Å²) in [6.07, 6.45) is 2.14. The van der Waals surface area contributed by atoms with Crippen LogP contribution < -0.4 is 0 Å². The van der Waals surface area contributed by atoms with Crippen molar-refractivity contribution in [2.45, 2.75) is 32.1 Å². The molecule has 0 aliphatic carbocycles. The maximum Gasteiger partial charge on any atom is 0.0553 e. The molecule has 2 heteroatoms. The summed E-state index contributed by atoms with van der Waals surface area (Å²) in [4.78, 5) is 4.90. The molecule has 0 atom stereocenters. The molecule has 0 saturated heterocycles. The Hall–Kier alpha value is -1.24. The molecule has 1 radical (unpaired) electrons. The van der Waals surface area contributed by atoms with Gasteiger partial charge in [0.15, 0.2) is 0 Å². The number of hydrogen-bond acceptors (Lipinski definition) is 1. The topological polar surface area (TPSA) is 12.4 Å². The van der Waals surface area contributed by atoms with Gasteiger partial charge in [-0.1, -0.05) is 32.0 Å². The standard InChI is InChI=1S/C18H18N.Ir/c1-3-18(4-2)15-12-8-9-13-16(15)19-17(18)14-10-6-5-7-11-14;/h5-10,12-13H,3-4H2,1-2H3;/q-1;. The zero-order chi connectivity index (χ0) is 13.3. The van der Waals surface area contributed by atoms with Gasteiger partial charge in [-0.2, -0.15) is 0 Å². The van der Waals surface area contributed by atoms with E-state index in [0.717, 1.165) is 24.1 Å². The third-order valence-corrected chi connectivity index (χ3v) is 4.28. The maximum atomic E-state index is 4.90. The summed E-state index contributed by atoms with van der Waals surface area (Å²) in [5.41, 5.74) is 4.85. The molecule has 3 rings (SSSR count). The van der Waals surface area contributed by atoms with E-state index < -0.39 is 0 Å². The smallest absolute Gasteiger partial charge is 0.0553 e. The molecule has 1 aliphatic rings. The van der Waals surface area contributed by atoms with Crippen molar-refractivity contribution in [3.63, 3.8) is 0 Å². The third-order valence-electron chi connectivity index (χ3n) is 4.28. The van der Waals surface area contributed by atoms with Gasteiger partial charge in [0.2, 0.25) is 0 Å². The molecule has 20 heavy (non-hydrogen) atoms. The quantitative estimate of drug-likeness (QED) is 0.615. The summed E-state index contributed by atoms with van der Waals surface area (Å²) in [7, 11) is 0. The third kappa shape index (κ3) is 2.17. The molecular formula is C18H18IrN-. The van der Waals surface area contributed by atoms with E-state index in [4.69, 9.17) is 4.99 Å². The first-order valence-corrected chi connectivity index (χ1v) is 6.97. The Morgan fingerprint density at radius 2 is 1.70 bits per heavy atom. The van der Waals surface area contributed by atoms with Crippen LogP contribution in [0.5, 0.6) is 0 Å². The monoisotopic (exact) mass is 441 g/mol. The van der Waals surface area contributed by atoms with E-state index in [1.54, 1.807) is 0 Å². The second kappa shape index (κ2) is 6.03. The van der Waals surface area contributed by atoms with Gasteiger partial charge < -0.3 is 0 Å². The second-order valence-electron chi connectivity index (χ2n) is 5.04. The van der Waals surface area contributed by atoms with Crippen LogP contribution in [0.2, 0.25) is 0 Å². The number of nitrogens with zero attached hydrogens (tertiary/aromatic N) is 1. The Bertz CT molecular complexity index is 612. The molecule has 1 aliphatic heterocycles. The van der Waals surface area contributed by atoms with E-state index in [0.29, 0.717) is 0 Å². The Labute approximate surface area is 134 Å². The normalized spacial score (nSPS) is 15.2. The Balaban J connectivity index is 0.00000147. The minimum Gasteiger partial charge on any atom is -0.300 e. The molecule has 0 saturated carbocycles. The number of para-hydroxylation sites is 1. The minimum absolute atomic E-state index is 0. The fourth-order valence-electron chi connectivity index (χ4n) is 3.16. The fraction of sp³-hybridized carbons (Fsp3) is 0.278. The van der Waals surface area contributed by atoms with Crippen LogP contribution in [0.1, 0.15) is 37.8 Å². The second-order valence-corrected chi connectivity index (χ2v) is 5.04. The molecule has 2 aromatic rings. The van der Waals surface area contributed by atoms with Crippen molar-refractivity contribution in [2.75, 3.05) is 0 Å². The zero-order valence-corrected chi connectivity index (χ0v) is 14.2. The van der Waals surface area contributed by atoms with E-state index >= 15 is 0 Å². The van der Waals surface area contributed by atoms with Gasteiger partial charge in [-0.05, 0) is 30.2 Å². The van der Waals surface area contributed by atoms with Crippen LogP contribution in [0.15, 0.2) is 53.5 Å². The van der Waals surface area contributed by atoms with Crippen molar-refractivity contribution < 1.29 is 20.1 Å². The van der Waals surface area contributed by atoms with Crippen molar-refractivity contribution in [2.24, 2.45) is 4.99 Å². The van der Waals surface area contributed by atoms with Crippen LogP contribution in [0.25, 0.3) is 0 Å². The van der Waals surface area contributed by atoms with Crippen LogP contribution in [-0.2, 0) is 25.5 Å². The Morgan fingerprint density at radius 3 is 2.35 bits per heavy atom. The van der Waals surface area contributed by atoms with Gasteiger partial charge in [0.25, 0.3) is 0 Å². The summed E-state index contributed by atoms with van der Waals surface area (Å²) in [5.74, 6) is 0. The van der Waals surface area contributed by atoms with Gasteiger partial charge in [0, 0.05) is 25.5 Å². The molecular weight excluding hydrogens is 422 g/mol. The van der Waals surface area contributed by atoms with Gasteiger partial charge in [0.05, 0.1) is 5.69 Å². The summed E-state index contributed by atoms with van der Waals surface area (Å²) in [6.45, 7) is 4.51. The van der Waals surface area contributed by atoms with E-state index in [2.05, 4.69) is 56.3 Å². The van der Waals surface area contributed by atoms with Gasteiger partial charge in [-0.15, -0.1) is 35.9 Å². The van der Waals surface area contributed by atoms with E-state index in [1.165, 1.54) is 11.3 Å². The van der Waals surface area contributed by atoms with Gasteiger partial charge in [0.1, 0.15) is 0 Å². The summed E-state index contributed by atoms with van der Waals surface area (Å²) in [6, 6.07) is 20.0. The van der Waals surface area contributed by atoms with Gasteiger partial charge >= 0.3 is 0 Å². The molecule has 0 amide bonds. The van der Waals surface area contributed by atoms with Crippen molar-refractivity contribution in [1.29, 1.82) is 0 Å². The number of hydrogen-bond donors (Lipinski definition) is 0. The number of fused-ring (bicyclic) bond motifs is 1. The number of benzene rings is 2. The Morgan fingerprint density at radius 1 is 1.00 bits per heavy atom. The molecule has 0 bridgehead atoms. The first-order valence-electron chi connectivity index (χ1n) is 6.97. The zero-order valence-electron chi connectivity index (χ0n) is 11.8. The van der Waals surface area contributed by atoms with E-state index in [9.17, 15) is 0 Å². The number of rotatable bonds is 3. The maximum absolute atomic E-state index is 4.90. The van der Waals surface area contributed by atoms with Crippen LogP contribution in [-0.4, -0.2) is 5.71 Å². The molecule has 1 heterocycles. The SMILES string of the molecule is CCC1(CC)C(c2[c-]cccc2)=Nc2ccccc21.[Ir]. The predicted octanol–water partition coefficient (Wildman–Crippen LogP) is 4.68. The molecule has 0 spiro atoms. The average Bonchev–Trinajstić information content (AvgIpc) is 2.83. The molecule has 0 fully saturated rings. The van der Waals surface area contributed by atoms with Crippen LogP contribution in [0.3, 0.4) is 0 Å². The molecule has 0 N–H and O–H groups in total. The van der Waals surface area contributed by atoms with Crippen molar-refractivity contribution in [1.82, 2.24) is 0 Å². The summed E-state index contributed by atoms with van der Waals surface area (Å²) < 4.78 is 0. The molecule has 2 aromatic carbocycles. The van der Waals surface area contributed by atoms with Crippen molar-refractivity contribution >= 4 is 11.4 Å². The van der Waals surface area contributed by atoms with Crippen LogP contribution >= 0.6 is 0 Å². The van der Waals surface area contributed by atoms with Crippen LogP contribution in [0.4, 0.5) is 5.69 Å². The molecule has 1 nitrogen and oxygen atoms in total. The minimum atomic E-state index is 0. The Kier molecular flexibility index (Phi) is 4.57. The van der Waals surface area contributed by atoms with Gasteiger partial charge in [-0.25, -0.2) is 0 Å². The largest absolute Gasteiger partial charge is 0.300 e. The molecule has 0 unspecified atom stereocenters. The van der Waals surface area contributed by atoms with Gasteiger partial charge in [-0.3, -0.25) is 4.99 Å². The molecule has 0 aromatic heterocycles. The average molecular weight is 441 g/mol. The summed E-state index contributed by atoms with van der Waals surface area (Å²) in [5, 5.41) is 0. The first kappa shape index (κ1) is 15.2. The van der Waals surface area contributed by atoms with Crippen LogP contribution in [0, 0.1) is 6.07 Å². The first-order chi connectivity index (χ1) is 9.31.